The van der Waals surface area contributed by atoms with Gasteiger partial charge in [-0.25, -0.2) is 4.39 Å². The van der Waals surface area contributed by atoms with Crippen LogP contribution in [0.1, 0.15) is 39.2 Å². The van der Waals surface area contributed by atoms with Crippen LogP contribution in [0.2, 0.25) is 0 Å². The maximum Gasteiger partial charge on any atom is 0.270 e. The lowest BCUT2D eigenvalue weighted by molar-refractivity contribution is 0.0726. The second-order valence-electron chi connectivity index (χ2n) is 7.06. The molecule has 0 spiro atoms. The minimum atomic E-state index is -0.302. The van der Waals surface area contributed by atoms with E-state index in [1.807, 2.05) is 20.8 Å². The predicted molar refractivity (Wildman–Crippen MR) is 105 cm³/mol. The highest BCUT2D eigenvalue weighted by Crippen LogP contribution is 2.27. The first-order valence-corrected chi connectivity index (χ1v) is 9.15. The van der Waals surface area contributed by atoms with Crippen LogP contribution in [-0.2, 0) is 6.54 Å². The largest absolute Gasteiger partial charge is 0.396 e. The van der Waals surface area contributed by atoms with Crippen molar-refractivity contribution < 1.29 is 14.3 Å². The van der Waals surface area contributed by atoms with Gasteiger partial charge in [-0.1, -0.05) is 23.8 Å². The average Bonchev–Trinajstić information content (AvgIpc) is 2.97. The zero-order chi connectivity index (χ0) is 19.6. The fraction of sp³-hybridized carbons (Fsp3) is 0.318. The normalized spacial score (nSPS) is 11.1. The highest BCUT2D eigenvalue weighted by atomic mass is 19.1. The molecule has 0 radical (unpaired) electrons. The number of hydrogen-bond acceptors (Lipinski definition) is 2. The minimum absolute atomic E-state index is 0.0111. The molecule has 0 aliphatic heterocycles. The molecule has 142 valence electrons. The summed E-state index contributed by atoms with van der Waals surface area (Å²) in [7, 11) is 0. The molecular formula is C22H25FN2O2. The molecule has 2 N–H and O–H groups in total. The smallest absolute Gasteiger partial charge is 0.270 e. The zero-order valence-electron chi connectivity index (χ0n) is 16.0. The third-order valence-corrected chi connectivity index (χ3v) is 4.88. The number of aliphatic hydroxyl groups excluding tert-OH is 1. The summed E-state index contributed by atoms with van der Waals surface area (Å²) in [6, 6.07) is 10.3. The highest BCUT2D eigenvalue weighted by Gasteiger charge is 2.22. The number of halogens is 1. The van der Waals surface area contributed by atoms with Gasteiger partial charge in [-0.15, -0.1) is 0 Å². The van der Waals surface area contributed by atoms with Crippen molar-refractivity contribution in [1.82, 2.24) is 9.88 Å². The van der Waals surface area contributed by atoms with Gasteiger partial charge in [-0.05, 0) is 62.1 Å². The molecule has 1 aromatic heterocycles. The van der Waals surface area contributed by atoms with Crippen molar-refractivity contribution in [1.29, 1.82) is 0 Å². The molecule has 0 saturated carbocycles. The van der Waals surface area contributed by atoms with Gasteiger partial charge in [0.1, 0.15) is 11.5 Å². The van der Waals surface area contributed by atoms with E-state index in [0.717, 1.165) is 33.2 Å². The first-order valence-electron chi connectivity index (χ1n) is 9.15. The molecule has 0 atom stereocenters. The highest BCUT2D eigenvalue weighted by molar-refractivity contribution is 6.01. The Morgan fingerprint density at radius 2 is 1.85 bits per heavy atom. The van der Waals surface area contributed by atoms with Crippen LogP contribution in [0, 0.1) is 26.6 Å². The second kappa shape index (κ2) is 7.92. The van der Waals surface area contributed by atoms with Crippen LogP contribution in [0.4, 0.5) is 4.39 Å². The molecule has 0 unspecified atom stereocenters. The molecule has 0 fully saturated rings. The van der Waals surface area contributed by atoms with E-state index >= 15 is 0 Å². The summed E-state index contributed by atoms with van der Waals surface area (Å²) < 4.78 is 13.2. The Morgan fingerprint density at radius 1 is 1.15 bits per heavy atom. The Balaban J connectivity index is 1.95. The number of carbonyl (C=O) groups is 1. The lowest BCUT2D eigenvalue weighted by Crippen LogP contribution is -2.32. The third kappa shape index (κ3) is 4.03. The van der Waals surface area contributed by atoms with Crippen LogP contribution >= 0.6 is 0 Å². The summed E-state index contributed by atoms with van der Waals surface area (Å²) in [5.74, 6) is -0.414. The molecule has 1 amide bonds. The Hall–Kier alpha value is -2.66. The lowest BCUT2D eigenvalue weighted by atomic mass is 10.1. The predicted octanol–water partition coefficient (Wildman–Crippen LogP) is 4.26. The van der Waals surface area contributed by atoms with E-state index < -0.39 is 0 Å². The van der Waals surface area contributed by atoms with E-state index in [9.17, 15) is 14.3 Å². The summed E-state index contributed by atoms with van der Waals surface area (Å²) in [6.07, 6.45) is 0.490. The number of aliphatic hydroxyl groups is 1. The summed E-state index contributed by atoms with van der Waals surface area (Å²) in [6.45, 7) is 6.83. The van der Waals surface area contributed by atoms with Gasteiger partial charge < -0.3 is 15.0 Å². The minimum Gasteiger partial charge on any atom is -0.396 e. The Labute approximate surface area is 158 Å². The van der Waals surface area contributed by atoms with Crippen LogP contribution in [0.15, 0.2) is 36.4 Å². The summed E-state index contributed by atoms with van der Waals surface area (Å²) in [4.78, 5) is 18.2. The molecule has 0 bridgehead atoms. The number of fused-ring (bicyclic) bond motifs is 1. The number of aryl methyl sites for hydroxylation is 3. The number of hydrogen-bond donors (Lipinski definition) is 2. The zero-order valence-corrected chi connectivity index (χ0v) is 16.0. The van der Waals surface area contributed by atoms with E-state index in [4.69, 9.17) is 0 Å². The van der Waals surface area contributed by atoms with Crippen molar-refractivity contribution >= 4 is 16.8 Å². The molecule has 5 heteroatoms. The van der Waals surface area contributed by atoms with Gasteiger partial charge in [0.15, 0.2) is 0 Å². The number of H-pyrrole nitrogens is 1. The van der Waals surface area contributed by atoms with E-state index in [1.54, 1.807) is 17.0 Å². The fourth-order valence-corrected chi connectivity index (χ4v) is 3.48. The first kappa shape index (κ1) is 19.1. The summed E-state index contributed by atoms with van der Waals surface area (Å²) in [5.41, 5.74) is 5.58. The standard InChI is InChI=1S/C22H25FN2O2/c1-14-11-15(2)20-19(12-14)16(3)21(24-20)22(27)25(9-4-10-26)13-17-5-7-18(23)8-6-17/h5-8,11-12,24,26H,4,9-10,13H2,1-3H3. The number of nitrogens with one attached hydrogen (secondary N) is 1. The molecule has 0 aliphatic carbocycles. The average molecular weight is 368 g/mol. The number of aromatic amines is 1. The lowest BCUT2D eigenvalue weighted by Gasteiger charge is -2.22. The van der Waals surface area contributed by atoms with E-state index in [1.165, 1.54) is 12.1 Å². The van der Waals surface area contributed by atoms with Crippen LogP contribution < -0.4 is 0 Å². The number of rotatable bonds is 6. The van der Waals surface area contributed by atoms with Gasteiger partial charge >= 0.3 is 0 Å². The molecule has 1 heterocycles. The fourth-order valence-electron chi connectivity index (χ4n) is 3.48. The number of benzene rings is 2. The topological polar surface area (TPSA) is 56.3 Å². The van der Waals surface area contributed by atoms with Gasteiger partial charge in [0.05, 0.1) is 0 Å². The molecule has 27 heavy (non-hydrogen) atoms. The Kier molecular flexibility index (Phi) is 5.61. The van der Waals surface area contributed by atoms with Crippen molar-refractivity contribution in [2.24, 2.45) is 0 Å². The number of aromatic nitrogens is 1. The van der Waals surface area contributed by atoms with Crippen molar-refractivity contribution in [3.05, 3.63) is 70.2 Å². The van der Waals surface area contributed by atoms with Crippen LogP contribution in [0.5, 0.6) is 0 Å². The van der Waals surface area contributed by atoms with Gasteiger partial charge in [-0.2, -0.15) is 0 Å². The number of amides is 1. The van der Waals surface area contributed by atoms with E-state index in [-0.39, 0.29) is 18.3 Å². The van der Waals surface area contributed by atoms with Gasteiger partial charge in [-0.3, -0.25) is 4.79 Å². The molecule has 4 nitrogen and oxygen atoms in total. The quantitative estimate of drug-likeness (QED) is 0.683. The van der Waals surface area contributed by atoms with Gasteiger partial charge in [0.25, 0.3) is 5.91 Å². The molecule has 3 aromatic rings. The maximum absolute atomic E-state index is 13.2. The molecule has 0 aliphatic rings. The van der Waals surface area contributed by atoms with Crippen molar-refractivity contribution in [2.45, 2.75) is 33.7 Å². The van der Waals surface area contributed by atoms with Crippen LogP contribution in [0.25, 0.3) is 10.9 Å². The molecule has 2 aromatic carbocycles. The Bertz CT molecular complexity index is 961. The molecule has 3 rings (SSSR count). The third-order valence-electron chi connectivity index (χ3n) is 4.88. The Morgan fingerprint density at radius 3 is 2.52 bits per heavy atom. The maximum atomic E-state index is 13.2. The van der Waals surface area contributed by atoms with Crippen LogP contribution in [0.3, 0.4) is 0 Å². The number of nitrogens with zero attached hydrogens (tertiary/aromatic N) is 1. The van der Waals surface area contributed by atoms with Crippen molar-refractivity contribution in [2.75, 3.05) is 13.2 Å². The van der Waals surface area contributed by atoms with E-state index in [2.05, 4.69) is 17.1 Å². The van der Waals surface area contributed by atoms with Gasteiger partial charge in [0, 0.05) is 30.6 Å². The first-order chi connectivity index (χ1) is 12.9. The summed E-state index contributed by atoms with van der Waals surface area (Å²) >= 11 is 0. The second-order valence-corrected chi connectivity index (χ2v) is 7.06. The van der Waals surface area contributed by atoms with Crippen molar-refractivity contribution in [3.8, 4) is 0 Å². The monoisotopic (exact) mass is 368 g/mol. The molecule has 0 saturated heterocycles. The number of carbonyl (C=O) groups excluding carboxylic acids is 1. The van der Waals surface area contributed by atoms with E-state index in [0.29, 0.717) is 25.2 Å². The van der Waals surface area contributed by atoms with Crippen LogP contribution in [-0.4, -0.2) is 34.0 Å². The van der Waals surface area contributed by atoms with Gasteiger partial charge in [0.2, 0.25) is 0 Å². The summed E-state index contributed by atoms with van der Waals surface area (Å²) in [5, 5.41) is 10.3. The van der Waals surface area contributed by atoms with Crippen molar-refractivity contribution in [3.63, 3.8) is 0 Å². The molecular weight excluding hydrogens is 343 g/mol. The SMILES string of the molecule is Cc1cc(C)c2[nH]c(C(=O)N(CCCO)Cc3ccc(F)cc3)c(C)c2c1.